The van der Waals surface area contributed by atoms with Crippen molar-refractivity contribution >= 4 is 17.4 Å². The number of pyridine rings is 1. The fourth-order valence-corrected chi connectivity index (χ4v) is 2.81. The minimum atomic E-state index is -0.682. The molecule has 3 rings (SSSR count). The van der Waals surface area contributed by atoms with Crippen molar-refractivity contribution < 1.29 is 19.2 Å². The summed E-state index contributed by atoms with van der Waals surface area (Å²) >= 11 is 0. The summed E-state index contributed by atoms with van der Waals surface area (Å²) in [5, 5.41) is 22.0. The van der Waals surface area contributed by atoms with Gasteiger partial charge in [0.15, 0.2) is 5.82 Å². The number of carbonyl (C=O) groups is 1. The van der Waals surface area contributed by atoms with Crippen LogP contribution in [0.2, 0.25) is 0 Å². The molecule has 162 valence electrons. The van der Waals surface area contributed by atoms with Gasteiger partial charge in [-0.15, -0.1) is 10.2 Å². The van der Waals surface area contributed by atoms with Crippen LogP contribution in [0.4, 0.5) is 11.5 Å². The molecule has 0 aliphatic rings. The zero-order valence-electron chi connectivity index (χ0n) is 17.3. The van der Waals surface area contributed by atoms with Crippen molar-refractivity contribution in [3.63, 3.8) is 0 Å². The lowest BCUT2D eigenvalue weighted by Crippen LogP contribution is -2.15. The van der Waals surface area contributed by atoms with Gasteiger partial charge in [-0.05, 0) is 38.1 Å². The normalized spacial score (nSPS) is 10.8. The van der Waals surface area contributed by atoms with Crippen molar-refractivity contribution in [2.45, 2.75) is 19.9 Å². The highest BCUT2D eigenvalue weighted by molar-refractivity contribution is 6.07. The Hall–Kier alpha value is -3.86. The number of rotatable bonds is 9. The zero-order valence-corrected chi connectivity index (χ0v) is 17.3. The van der Waals surface area contributed by atoms with E-state index in [2.05, 4.69) is 20.5 Å². The van der Waals surface area contributed by atoms with E-state index < -0.39 is 10.8 Å². The Morgan fingerprint density at radius 2 is 2.06 bits per heavy atom. The predicted molar refractivity (Wildman–Crippen MR) is 112 cm³/mol. The molecule has 2 aromatic heterocycles. The number of nitro groups is 1. The number of anilines is 1. The van der Waals surface area contributed by atoms with E-state index in [-0.39, 0.29) is 29.7 Å². The predicted octanol–water partition coefficient (Wildman–Crippen LogP) is 3.11. The Labute approximate surface area is 178 Å². The number of methoxy groups -OCH3 is 1. The maximum atomic E-state index is 12.8. The second kappa shape index (κ2) is 9.76. The first-order valence-corrected chi connectivity index (χ1v) is 9.49. The molecule has 0 atom stereocenters. The van der Waals surface area contributed by atoms with Crippen molar-refractivity contribution in [1.29, 1.82) is 0 Å². The molecule has 2 heterocycles. The average Bonchev–Trinajstić information content (AvgIpc) is 3.24. The highest BCUT2D eigenvalue weighted by Gasteiger charge is 2.22. The van der Waals surface area contributed by atoms with Gasteiger partial charge in [0.1, 0.15) is 35.8 Å². The minimum Gasteiger partial charge on any atom is -0.491 e. The molecule has 0 fully saturated rings. The fourth-order valence-electron chi connectivity index (χ4n) is 2.81. The van der Waals surface area contributed by atoms with Crippen molar-refractivity contribution in [1.82, 2.24) is 19.7 Å². The van der Waals surface area contributed by atoms with E-state index in [4.69, 9.17) is 9.47 Å². The average molecular weight is 426 g/mol. The van der Waals surface area contributed by atoms with Gasteiger partial charge in [0, 0.05) is 19.2 Å². The van der Waals surface area contributed by atoms with Crippen LogP contribution in [0.3, 0.4) is 0 Å². The Balaban J connectivity index is 1.86. The van der Waals surface area contributed by atoms with Gasteiger partial charge in [0.05, 0.1) is 11.5 Å². The van der Waals surface area contributed by atoms with E-state index in [1.54, 1.807) is 24.5 Å². The lowest BCUT2D eigenvalue weighted by molar-refractivity contribution is -0.385. The van der Waals surface area contributed by atoms with Crippen LogP contribution in [0.5, 0.6) is 5.75 Å². The number of nitrogens with one attached hydrogen (secondary N) is 1. The zero-order chi connectivity index (χ0) is 22.4. The Bertz CT molecular complexity index is 1080. The number of carbonyl (C=O) groups excluding carboxylic acids is 1. The van der Waals surface area contributed by atoms with Crippen LogP contribution < -0.4 is 10.1 Å². The molecule has 0 unspecified atom stereocenters. The Kier molecular flexibility index (Phi) is 6.88. The molecular formula is C20H22N6O5. The first-order chi connectivity index (χ1) is 14.9. The first-order valence-electron chi connectivity index (χ1n) is 9.49. The van der Waals surface area contributed by atoms with Gasteiger partial charge in [0.2, 0.25) is 0 Å². The molecule has 0 spiro atoms. The minimum absolute atomic E-state index is 0.119. The molecule has 1 N–H and O–H groups in total. The molecule has 11 heteroatoms. The van der Waals surface area contributed by atoms with Gasteiger partial charge in [-0.3, -0.25) is 14.9 Å². The summed E-state index contributed by atoms with van der Waals surface area (Å²) in [7, 11) is 1.53. The summed E-state index contributed by atoms with van der Waals surface area (Å²) in [5.41, 5.74) is 0.0277. The largest absolute Gasteiger partial charge is 0.491 e. The Morgan fingerprint density at radius 3 is 2.77 bits per heavy atom. The molecular weight excluding hydrogens is 404 g/mol. The molecule has 0 saturated carbocycles. The van der Waals surface area contributed by atoms with Crippen LogP contribution >= 0.6 is 0 Å². The number of aromatic nitrogens is 4. The van der Waals surface area contributed by atoms with Crippen molar-refractivity contribution in [2.24, 2.45) is 0 Å². The molecule has 11 nitrogen and oxygen atoms in total. The lowest BCUT2D eigenvalue weighted by Gasteiger charge is -2.11. The number of ether oxygens (including phenoxy) is 2. The molecule has 0 bridgehead atoms. The van der Waals surface area contributed by atoms with Crippen LogP contribution in [-0.4, -0.2) is 50.9 Å². The molecule has 3 aromatic rings. The van der Waals surface area contributed by atoms with Crippen LogP contribution in [0.15, 0.2) is 42.7 Å². The van der Waals surface area contributed by atoms with Crippen LogP contribution in [0.1, 0.15) is 30.2 Å². The molecule has 1 aromatic carbocycles. The Morgan fingerprint density at radius 1 is 1.26 bits per heavy atom. The molecule has 0 aliphatic carbocycles. The van der Waals surface area contributed by atoms with E-state index in [1.165, 1.54) is 25.3 Å². The maximum Gasteiger partial charge on any atom is 0.282 e. The summed E-state index contributed by atoms with van der Waals surface area (Å²) in [4.78, 5) is 28.0. The van der Waals surface area contributed by atoms with E-state index in [1.807, 2.05) is 18.4 Å². The molecule has 0 radical (unpaired) electrons. The third kappa shape index (κ3) is 5.20. The van der Waals surface area contributed by atoms with Gasteiger partial charge in [-0.2, -0.15) is 0 Å². The van der Waals surface area contributed by atoms with E-state index in [0.717, 1.165) is 0 Å². The first kappa shape index (κ1) is 21.8. The van der Waals surface area contributed by atoms with Crippen molar-refractivity contribution in [3.8, 4) is 17.3 Å². The second-order valence-electron chi connectivity index (χ2n) is 6.80. The third-order valence-corrected chi connectivity index (χ3v) is 4.31. The number of nitrogens with zero attached hydrogens (tertiary/aromatic N) is 5. The summed E-state index contributed by atoms with van der Waals surface area (Å²) in [6.07, 6.45) is 1.60. The number of hydrogen-bond donors (Lipinski definition) is 1. The number of nitro benzene ring substituents is 1. The molecule has 0 saturated heterocycles. The maximum absolute atomic E-state index is 12.8. The van der Waals surface area contributed by atoms with Gasteiger partial charge in [0.25, 0.3) is 11.6 Å². The lowest BCUT2D eigenvalue weighted by atomic mass is 10.1. The standard InChI is InChI=1S/C20H22N6O5/c1-13(2)25-12-21-24-19(25)16-5-4-6-18(22-16)23-20(27)15-11-14(31-10-9-30-3)7-8-17(15)26(28)29/h4-8,11-13H,9-10H2,1-3H3,(H,22,23,27). The van der Waals surface area contributed by atoms with E-state index in [0.29, 0.717) is 23.9 Å². The highest BCUT2D eigenvalue weighted by atomic mass is 16.6. The van der Waals surface area contributed by atoms with E-state index in [9.17, 15) is 14.9 Å². The summed E-state index contributed by atoms with van der Waals surface area (Å²) in [6, 6.07) is 9.13. The fraction of sp³-hybridized carbons (Fsp3) is 0.300. The van der Waals surface area contributed by atoms with Gasteiger partial charge in [-0.25, -0.2) is 4.98 Å². The van der Waals surface area contributed by atoms with Crippen LogP contribution in [-0.2, 0) is 4.74 Å². The third-order valence-electron chi connectivity index (χ3n) is 4.31. The van der Waals surface area contributed by atoms with Gasteiger partial charge >= 0.3 is 0 Å². The van der Waals surface area contributed by atoms with Crippen LogP contribution in [0.25, 0.3) is 11.5 Å². The summed E-state index contributed by atoms with van der Waals surface area (Å²) < 4.78 is 12.2. The monoisotopic (exact) mass is 426 g/mol. The topological polar surface area (TPSA) is 134 Å². The van der Waals surface area contributed by atoms with Crippen molar-refractivity contribution in [2.75, 3.05) is 25.6 Å². The number of benzene rings is 1. The van der Waals surface area contributed by atoms with Gasteiger partial charge < -0.3 is 19.4 Å². The number of amides is 1. The quantitative estimate of drug-likeness (QED) is 0.313. The second-order valence-corrected chi connectivity index (χ2v) is 6.80. The van der Waals surface area contributed by atoms with Crippen LogP contribution in [0, 0.1) is 10.1 Å². The molecule has 31 heavy (non-hydrogen) atoms. The SMILES string of the molecule is COCCOc1ccc([N+](=O)[O-])c(C(=O)Nc2cccc(-c3nncn3C(C)C)n2)c1. The number of hydrogen-bond acceptors (Lipinski definition) is 8. The molecule has 1 amide bonds. The van der Waals surface area contributed by atoms with Crippen molar-refractivity contribution in [3.05, 3.63) is 58.4 Å². The smallest absolute Gasteiger partial charge is 0.282 e. The summed E-state index contributed by atoms with van der Waals surface area (Å²) in [5.74, 6) is 0.407. The highest BCUT2D eigenvalue weighted by Crippen LogP contribution is 2.26. The molecule has 0 aliphatic heterocycles. The van der Waals surface area contributed by atoms with E-state index >= 15 is 0 Å². The summed E-state index contributed by atoms with van der Waals surface area (Å²) in [6.45, 7) is 4.56. The van der Waals surface area contributed by atoms with Gasteiger partial charge in [-0.1, -0.05) is 6.07 Å².